The summed E-state index contributed by atoms with van der Waals surface area (Å²) < 4.78 is 5.15. The summed E-state index contributed by atoms with van der Waals surface area (Å²) in [4.78, 5) is 33.7. The Labute approximate surface area is 187 Å². The summed E-state index contributed by atoms with van der Waals surface area (Å²) in [6.45, 7) is 4.56. The largest absolute Gasteiger partial charge is 0.497 e. The standard InChI is InChI=1S/C25H26N4O3/c1-18-5-3-4-6-22(18)24(30)27-20-9-12-23(26-17-20)28-13-15-29(16-14-28)25(31)19-7-10-21(32-2)11-8-19/h3-12,17H,13-16H2,1-2H3,(H,27,30). The summed E-state index contributed by atoms with van der Waals surface area (Å²) in [5.41, 5.74) is 2.88. The van der Waals surface area contributed by atoms with Gasteiger partial charge in [-0.2, -0.15) is 0 Å². The molecule has 0 saturated carbocycles. The molecular formula is C25H26N4O3. The number of ether oxygens (including phenoxy) is 1. The van der Waals surface area contributed by atoms with Crippen molar-refractivity contribution in [3.8, 4) is 5.75 Å². The van der Waals surface area contributed by atoms with E-state index in [1.165, 1.54) is 0 Å². The molecule has 1 aromatic heterocycles. The first kappa shape index (κ1) is 21.4. The number of hydrogen-bond acceptors (Lipinski definition) is 5. The highest BCUT2D eigenvalue weighted by Crippen LogP contribution is 2.19. The lowest BCUT2D eigenvalue weighted by molar-refractivity contribution is 0.0746. The molecule has 1 aliphatic rings. The van der Waals surface area contributed by atoms with Gasteiger partial charge in [0, 0.05) is 37.3 Å². The number of pyridine rings is 1. The molecule has 0 unspecified atom stereocenters. The van der Waals surface area contributed by atoms with E-state index in [4.69, 9.17) is 4.74 Å². The molecule has 2 amide bonds. The average molecular weight is 431 g/mol. The number of nitrogens with one attached hydrogen (secondary N) is 1. The number of rotatable bonds is 5. The lowest BCUT2D eigenvalue weighted by atomic mass is 10.1. The number of piperazine rings is 1. The Morgan fingerprint density at radius 3 is 2.28 bits per heavy atom. The van der Waals surface area contributed by atoms with Gasteiger partial charge in [0.1, 0.15) is 11.6 Å². The Balaban J connectivity index is 1.33. The van der Waals surface area contributed by atoms with Gasteiger partial charge in [-0.3, -0.25) is 9.59 Å². The Morgan fingerprint density at radius 1 is 0.938 bits per heavy atom. The topological polar surface area (TPSA) is 74.8 Å². The van der Waals surface area contributed by atoms with Gasteiger partial charge in [-0.05, 0) is 55.0 Å². The van der Waals surface area contributed by atoms with Gasteiger partial charge in [-0.25, -0.2) is 4.98 Å². The van der Waals surface area contributed by atoms with Gasteiger partial charge in [-0.1, -0.05) is 18.2 Å². The van der Waals surface area contributed by atoms with E-state index in [9.17, 15) is 9.59 Å². The molecule has 0 spiro atoms. The SMILES string of the molecule is COc1ccc(C(=O)N2CCN(c3ccc(NC(=O)c4ccccc4C)cn3)CC2)cc1. The van der Waals surface area contributed by atoms with Gasteiger partial charge in [-0.15, -0.1) is 0 Å². The third-order valence-electron chi connectivity index (χ3n) is 5.62. The molecule has 164 valence electrons. The van der Waals surface area contributed by atoms with Gasteiger partial charge >= 0.3 is 0 Å². The molecule has 7 nitrogen and oxygen atoms in total. The van der Waals surface area contributed by atoms with Crippen molar-refractivity contribution in [3.05, 3.63) is 83.6 Å². The van der Waals surface area contributed by atoms with Crippen LogP contribution >= 0.6 is 0 Å². The Morgan fingerprint density at radius 2 is 1.66 bits per heavy atom. The maximum Gasteiger partial charge on any atom is 0.255 e. The predicted octanol–water partition coefficient (Wildman–Crippen LogP) is 3.61. The first-order valence-corrected chi connectivity index (χ1v) is 10.6. The molecule has 0 atom stereocenters. The second-order valence-corrected chi connectivity index (χ2v) is 7.68. The summed E-state index contributed by atoms with van der Waals surface area (Å²) in [5.74, 6) is 1.43. The molecule has 32 heavy (non-hydrogen) atoms. The van der Waals surface area contributed by atoms with Crippen molar-refractivity contribution in [3.63, 3.8) is 0 Å². The Hall–Kier alpha value is -3.87. The molecule has 4 rings (SSSR count). The van der Waals surface area contributed by atoms with Crippen molar-refractivity contribution in [1.82, 2.24) is 9.88 Å². The van der Waals surface area contributed by atoms with Crippen LogP contribution in [0.25, 0.3) is 0 Å². The normalized spacial score (nSPS) is 13.6. The van der Waals surface area contributed by atoms with Crippen molar-refractivity contribution in [2.45, 2.75) is 6.92 Å². The number of benzene rings is 2. The van der Waals surface area contributed by atoms with Crippen LogP contribution in [0.1, 0.15) is 26.3 Å². The number of anilines is 2. The number of nitrogens with zero attached hydrogens (tertiary/aromatic N) is 3. The molecule has 2 heterocycles. The highest BCUT2D eigenvalue weighted by molar-refractivity contribution is 6.05. The summed E-state index contributed by atoms with van der Waals surface area (Å²) >= 11 is 0. The maximum absolute atomic E-state index is 12.7. The van der Waals surface area contributed by atoms with Crippen molar-refractivity contribution in [2.24, 2.45) is 0 Å². The zero-order chi connectivity index (χ0) is 22.5. The smallest absolute Gasteiger partial charge is 0.255 e. The van der Waals surface area contributed by atoms with E-state index in [-0.39, 0.29) is 11.8 Å². The number of methoxy groups -OCH3 is 1. The first-order valence-electron chi connectivity index (χ1n) is 10.6. The zero-order valence-electron chi connectivity index (χ0n) is 18.2. The van der Waals surface area contributed by atoms with E-state index >= 15 is 0 Å². The molecule has 0 aliphatic carbocycles. The quantitative estimate of drug-likeness (QED) is 0.669. The number of carbonyl (C=O) groups excluding carboxylic acids is 2. The summed E-state index contributed by atoms with van der Waals surface area (Å²) in [6, 6.07) is 18.4. The molecule has 1 fully saturated rings. The molecule has 7 heteroatoms. The van der Waals surface area contributed by atoms with Crippen LogP contribution in [0.15, 0.2) is 66.9 Å². The van der Waals surface area contributed by atoms with Gasteiger partial charge in [0.2, 0.25) is 0 Å². The van der Waals surface area contributed by atoms with Gasteiger partial charge < -0.3 is 19.9 Å². The zero-order valence-corrected chi connectivity index (χ0v) is 18.2. The summed E-state index contributed by atoms with van der Waals surface area (Å²) in [6.07, 6.45) is 1.67. The number of carbonyl (C=O) groups is 2. The number of hydrogen-bond donors (Lipinski definition) is 1. The van der Waals surface area contributed by atoms with Gasteiger partial charge in [0.15, 0.2) is 0 Å². The minimum absolute atomic E-state index is 0.0227. The molecule has 2 aromatic carbocycles. The Kier molecular flexibility index (Phi) is 6.35. The van der Waals surface area contributed by atoms with Crippen molar-refractivity contribution < 1.29 is 14.3 Å². The van der Waals surface area contributed by atoms with Crippen LogP contribution in [-0.4, -0.2) is 55.0 Å². The number of amides is 2. The highest BCUT2D eigenvalue weighted by Gasteiger charge is 2.23. The first-order chi connectivity index (χ1) is 15.5. The van der Waals surface area contributed by atoms with E-state index in [1.807, 2.05) is 42.2 Å². The predicted molar refractivity (Wildman–Crippen MR) is 124 cm³/mol. The van der Waals surface area contributed by atoms with Crippen LogP contribution < -0.4 is 15.0 Å². The van der Waals surface area contributed by atoms with Crippen molar-refractivity contribution in [2.75, 3.05) is 43.5 Å². The second kappa shape index (κ2) is 9.51. The Bertz CT molecular complexity index is 1090. The monoisotopic (exact) mass is 430 g/mol. The number of aromatic nitrogens is 1. The van der Waals surface area contributed by atoms with Crippen LogP contribution in [-0.2, 0) is 0 Å². The highest BCUT2D eigenvalue weighted by atomic mass is 16.5. The third-order valence-corrected chi connectivity index (χ3v) is 5.62. The van der Waals surface area contributed by atoms with Gasteiger partial charge in [0.05, 0.1) is 19.0 Å². The van der Waals surface area contributed by atoms with Crippen molar-refractivity contribution >= 4 is 23.3 Å². The van der Waals surface area contributed by atoms with E-state index in [2.05, 4.69) is 15.2 Å². The van der Waals surface area contributed by atoms with E-state index in [0.717, 1.165) is 17.1 Å². The van der Waals surface area contributed by atoms with Crippen LogP contribution in [0.2, 0.25) is 0 Å². The fourth-order valence-corrected chi connectivity index (χ4v) is 3.73. The average Bonchev–Trinajstić information content (AvgIpc) is 2.84. The van der Waals surface area contributed by atoms with Crippen LogP contribution in [0.3, 0.4) is 0 Å². The molecule has 0 bridgehead atoms. The fourth-order valence-electron chi connectivity index (χ4n) is 3.73. The molecule has 1 aliphatic heterocycles. The third kappa shape index (κ3) is 4.72. The minimum Gasteiger partial charge on any atom is -0.497 e. The van der Waals surface area contributed by atoms with Crippen LogP contribution in [0.4, 0.5) is 11.5 Å². The number of aryl methyl sites for hydroxylation is 1. The molecule has 3 aromatic rings. The second-order valence-electron chi connectivity index (χ2n) is 7.68. The molecular weight excluding hydrogens is 404 g/mol. The van der Waals surface area contributed by atoms with E-state index in [1.54, 1.807) is 43.6 Å². The fraction of sp³-hybridized carbons (Fsp3) is 0.240. The van der Waals surface area contributed by atoms with Crippen LogP contribution in [0.5, 0.6) is 5.75 Å². The lowest BCUT2D eigenvalue weighted by Crippen LogP contribution is -2.49. The minimum atomic E-state index is -0.150. The summed E-state index contributed by atoms with van der Waals surface area (Å²) in [5, 5.41) is 2.90. The van der Waals surface area contributed by atoms with E-state index in [0.29, 0.717) is 43.0 Å². The lowest BCUT2D eigenvalue weighted by Gasteiger charge is -2.35. The van der Waals surface area contributed by atoms with E-state index < -0.39 is 0 Å². The van der Waals surface area contributed by atoms with Crippen LogP contribution in [0, 0.1) is 6.92 Å². The van der Waals surface area contributed by atoms with Gasteiger partial charge in [0.25, 0.3) is 11.8 Å². The maximum atomic E-state index is 12.7. The molecule has 0 radical (unpaired) electrons. The molecule has 1 saturated heterocycles. The van der Waals surface area contributed by atoms with Crippen molar-refractivity contribution in [1.29, 1.82) is 0 Å². The summed E-state index contributed by atoms with van der Waals surface area (Å²) in [7, 11) is 1.61. The molecule has 1 N–H and O–H groups in total.